The number of carboxylic acid groups (broad SMARTS) is 1. The van der Waals surface area contributed by atoms with Crippen molar-refractivity contribution in [3.63, 3.8) is 0 Å². The number of nitrogens with zero attached hydrogens (tertiary/aromatic N) is 1. The number of halogens is 1. The fourth-order valence-corrected chi connectivity index (χ4v) is 4.32. The summed E-state index contributed by atoms with van der Waals surface area (Å²) in [6.07, 6.45) is 5.49. The van der Waals surface area contributed by atoms with Gasteiger partial charge in [0.25, 0.3) is 5.91 Å². The molecule has 1 aliphatic rings. The molecule has 8 heteroatoms. The standard InChI is InChI=1S/C17H16ClNO3S3/c1-24-8-7-13(16(21)22)19-15(20)14(25-17(19)23)10-12(18)9-11-5-3-2-4-6-11/h2-6,9-10,13H,7-8H2,1H3,(H,21,22)/b12-9-,14-10-. The van der Waals surface area contributed by atoms with E-state index in [0.717, 1.165) is 17.3 Å². The van der Waals surface area contributed by atoms with Gasteiger partial charge in [-0.1, -0.05) is 65.9 Å². The predicted molar refractivity (Wildman–Crippen MR) is 110 cm³/mol. The number of carbonyl (C=O) groups is 2. The van der Waals surface area contributed by atoms with Crippen molar-refractivity contribution in [3.8, 4) is 0 Å². The summed E-state index contributed by atoms with van der Waals surface area (Å²) >= 11 is 14.0. The maximum Gasteiger partial charge on any atom is 0.326 e. The second-order valence-corrected chi connectivity index (χ2v) is 8.22. The maximum atomic E-state index is 12.6. The zero-order valence-corrected chi connectivity index (χ0v) is 16.6. The van der Waals surface area contributed by atoms with Crippen LogP contribution < -0.4 is 0 Å². The molecule has 4 nitrogen and oxygen atoms in total. The fourth-order valence-electron chi connectivity index (χ4n) is 2.22. The van der Waals surface area contributed by atoms with Crippen molar-refractivity contribution in [2.24, 2.45) is 0 Å². The van der Waals surface area contributed by atoms with E-state index in [1.54, 1.807) is 6.08 Å². The Bertz CT molecular complexity index is 734. The molecule has 1 amide bonds. The zero-order valence-electron chi connectivity index (χ0n) is 13.3. The van der Waals surface area contributed by atoms with Crippen LogP contribution in [0.5, 0.6) is 0 Å². The highest BCUT2D eigenvalue weighted by atomic mass is 35.5. The molecule has 25 heavy (non-hydrogen) atoms. The monoisotopic (exact) mass is 413 g/mol. The van der Waals surface area contributed by atoms with Crippen LogP contribution in [-0.2, 0) is 9.59 Å². The first-order chi connectivity index (χ1) is 11.9. The molecule has 0 bridgehead atoms. The summed E-state index contributed by atoms with van der Waals surface area (Å²) in [6, 6.07) is 8.51. The van der Waals surface area contributed by atoms with E-state index in [4.69, 9.17) is 23.8 Å². The van der Waals surface area contributed by atoms with Crippen molar-refractivity contribution >= 4 is 69.6 Å². The molecule has 1 atom stereocenters. The van der Waals surface area contributed by atoms with Gasteiger partial charge in [0.2, 0.25) is 0 Å². The van der Waals surface area contributed by atoms with Crippen LogP contribution in [-0.4, -0.2) is 44.3 Å². The van der Waals surface area contributed by atoms with E-state index < -0.39 is 17.9 Å². The lowest BCUT2D eigenvalue weighted by Crippen LogP contribution is -2.44. The minimum Gasteiger partial charge on any atom is -0.480 e. The van der Waals surface area contributed by atoms with Crippen molar-refractivity contribution in [1.82, 2.24) is 4.90 Å². The molecule has 1 N–H and O–H groups in total. The second kappa shape index (κ2) is 9.43. The smallest absolute Gasteiger partial charge is 0.326 e. The van der Waals surface area contributed by atoms with Gasteiger partial charge in [-0.05, 0) is 36.1 Å². The van der Waals surface area contributed by atoms with Crippen molar-refractivity contribution in [2.75, 3.05) is 12.0 Å². The summed E-state index contributed by atoms with van der Waals surface area (Å²) in [5, 5.41) is 9.81. The zero-order chi connectivity index (χ0) is 18.4. The lowest BCUT2D eigenvalue weighted by Gasteiger charge is -2.22. The van der Waals surface area contributed by atoms with Gasteiger partial charge in [0.15, 0.2) is 0 Å². The summed E-state index contributed by atoms with van der Waals surface area (Å²) in [6.45, 7) is 0. The molecule has 1 heterocycles. The van der Waals surface area contributed by atoms with Gasteiger partial charge < -0.3 is 5.11 Å². The Morgan fingerprint density at radius 3 is 2.72 bits per heavy atom. The minimum atomic E-state index is -1.06. The quantitative estimate of drug-likeness (QED) is 0.533. The van der Waals surface area contributed by atoms with Crippen LogP contribution in [0.1, 0.15) is 12.0 Å². The number of thioether (sulfide) groups is 2. The molecular formula is C17H16ClNO3S3. The number of amides is 1. The molecule has 132 valence electrons. The number of carbonyl (C=O) groups excluding carboxylic acids is 1. The van der Waals surface area contributed by atoms with Gasteiger partial charge in [0.1, 0.15) is 10.4 Å². The molecule has 1 saturated heterocycles. The first-order valence-corrected chi connectivity index (χ1v) is 10.3. The third-order valence-corrected chi connectivity index (χ3v) is 5.58. The largest absolute Gasteiger partial charge is 0.480 e. The number of aliphatic carboxylic acids is 1. The molecule has 1 aromatic rings. The first kappa shape index (κ1) is 20.0. The number of rotatable bonds is 7. The molecule has 1 aliphatic heterocycles. The Balaban J connectivity index is 2.22. The lowest BCUT2D eigenvalue weighted by molar-refractivity contribution is -0.145. The second-order valence-electron chi connectivity index (χ2n) is 5.13. The number of hydrogen-bond donors (Lipinski definition) is 1. The Labute approximate surface area is 165 Å². The van der Waals surface area contributed by atoms with E-state index >= 15 is 0 Å². The van der Waals surface area contributed by atoms with Crippen LogP contribution in [0.4, 0.5) is 0 Å². The summed E-state index contributed by atoms with van der Waals surface area (Å²) < 4.78 is 0.244. The van der Waals surface area contributed by atoms with Crippen LogP contribution in [0, 0.1) is 0 Å². The van der Waals surface area contributed by atoms with Crippen molar-refractivity contribution in [1.29, 1.82) is 0 Å². The fraction of sp³-hybridized carbons (Fsp3) is 0.235. The molecule has 2 rings (SSSR count). The third-order valence-electron chi connectivity index (χ3n) is 3.39. The molecule has 0 spiro atoms. The van der Waals surface area contributed by atoms with Crippen LogP contribution in [0.25, 0.3) is 6.08 Å². The Morgan fingerprint density at radius 1 is 1.44 bits per heavy atom. The average molecular weight is 414 g/mol. The number of thiocarbonyl (C=S) groups is 1. The predicted octanol–water partition coefficient (Wildman–Crippen LogP) is 4.22. The van der Waals surface area contributed by atoms with Crippen LogP contribution in [0.2, 0.25) is 0 Å². The number of carboxylic acids is 1. The minimum absolute atomic E-state index is 0.244. The van der Waals surface area contributed by atoms with Gasteiger partial charge in [-0.15, -0.1) is 0 Å². The van der Waals surface area contributed by atoms with Gasteiger partial charge in [-0.3, -0.25) is 9.69 Å². The highest BCUT2D eigenvalue weighted by Gasteiger charge is 2.40. The van der Waals surface area contributed by atoms with E-state index in [1.807, 2.05) is 36.6 Å². The normalized spacial score (nSPS) is 18.1. The molecule has 0 saturated carbocycles. The number of benzene rings is 1. The summed E-state index contributed by atoms with van der Waals surface area (Å²) in [7, 11) is 0. The van der Waals surface area contributed by atoms with Crippen LogP contribution in [0.15, 0.2) is 46.3 Å². The van der Waals surface area contributed by atoms with Gasteiger partial charge in [0, 0.05) is 5.03 Å². The van der Waals surface area contributed by atoms with Crippen LogP contribution in [0.3, 0.4) is 0 Å². The highest BCUT2D eigenvalue weighted by molar-refractivity contribution is 8.26. The van der Waals surface area contributed by atoms with E-state index in [0.29, 0.717) is 22.1 Å². The molecule has 0 radical (unpaired) electrons. The average Bonchev–Trinajstić information content (AvgIpc) is 2.83. The van der Waals surface area contributed by atoms with E-state index in [-0.39, 0.29) is 4.32 Å². The lowest BCUT2D eigenvalue weighted by atomic mass is 10.2. The first-order valence-electron chi connectivity index (χ1n) is 7.35. The molecule has 1 fully saturated rings. The summed E-state index contributed by atoms with van der Waals surface area (Å²) in [5.74, 6) is -0.845. The van der Waals surface area contributed by atoms with Crippen molar-refractivity contribution in [2.45, 2.75) is 12.5 Å². The number of hydrogen-bond acceptors (Lipinski definition) is 5. The summed E-state index contributed by atoms with van der Waals surface area (Å²) in [4.78, 5) is 25.6. The van der Waals surface area contributed by atoms with E-state index in [2.05, 4.69) is 0 Å². The third kappa shape index (κ3) is 5.34. The van der Waals surface area contributed by atoms with E-state index in [9.17, 15) is 14.7 Å². The Hall–Kier alpha value is -1.28. The highest BCUT2D eigenvalue weighted by Crippen LogP contribution is 2.35. The van der Waals surface area contributed by atoms with Gasteiger partial charge in [-0.25, -0.2) is 4.79 Å². The Morgan fingerprint density at radius 2 is 2.12 bits per heavy atom. The number of allylic oxidation sites excluding steroid dienone is 2. The van der Waals surface area contributed by atoms with Gasteiger partial charge in [-0.2, -0.15) is 11.8 Å². The molecule has 1 aromatic carbocycles. The molecule has 1 unspecified atom stereocenters. The van der Waals surface area contributed by atoms with E-state index in [1.165, 1.54) is 22.7 Å². The Kier molecular flexibility index (Phi) is 7.56. The molecular weight excluding hydrogens is 398 g/mol. The topological polar surface area (TPSA) is 57.6 Å². The van der Waals surface area contributed by atoms with Gasteiger partial charge >= 0.3 is 5.97 Å². The van der Waals surface area contributed by atoms with Crippen molar-refractivity contribution < 1.29 is 14.7 Å². The van der Waals surface area contributed by atoms with Crippen LogP contribution >= 0.6 is 47.3 Å². The maximum absolute atomic E-state index is 12.6. The van der Waals surface area contributed by atoms with Gasteiger partial charge in [0.05, 0.1) is 4.91 Å². The SMILES string of the molecule is CSCCC(C(=O)O)N1C(=O)/C(=C/C(Cl)=C/c2ccccc2)SC1=S. The van der Waals surface area contributed by atoms with Crippen molar-refractivity contribution in [3.05, 3.63) is 51.9 Å². The molecule has 0 aliphatic carbocycles. The molecule has 0 aromatic heterocycles. The summed E-state index contributed by atoms with van der Waals surface area (Å²) in [5.41, 5.74) is 0.905.